The molecule has 0 aromatic carbocycles. The molecule has 0 saturated heterocycles. The molecule has 2 aliphatic rings. The second-order valence-electron chi connectivity index (χ2n) is 7.20. The van der Waals surface area contributed by atoms with Gasteiger partial charge in [0.25, 0.3) is 5.91 Å². The van der Waals surface area contributed by atoms with E-state index in [-0.39, 0.29) is 18.1 Å². The van der Waals surface area contributed by atoms with Crippen LogP contribution in [0.3, 0.4) is 0 Å². The van der Waals surface area contributed by atoms with Crippen LogP contribution in [0.1, 0.15) is 65.9 Å². The van der Waals surface area contributed by atoms with Gasteiger partial charge in [-0.2, -0.15) is 5.26 Å². The van der Waals surface area contributed by atoms with E-state index in [1.165, 1.54) is 6.20 Å². The lowest BCUT2D eigenvalue weighted by Crippen LogP contribution is -2.40. The summed E-state index contributed by atoms with van der Waals surface area (Å²) >= 11 is 0. The molecule has 0 atom stereocenters. The molecule has 4 rings (SSSR count). The number of ether oxygens (including phenoxy) is 1. The van der Waals surface area contributed by atoms with Gasteiger partial charge in [0.2, 0.25) is 5.88 Å². The maximum Gasteiger partial charge on any atom is 0.273 e. The summed E-state index contributed by atoms with van der Waals surface area (Å²) in [5.74, 6) is 1.29. The number of hydrogen-bond acceptors (Lipinski definition) is 6. The number of nitriles is 1. The van der Waals surface area contributed by atoms with E-state index in [0.717, 1.165) is 62.7 Å². The monoisotopic (exact) mass is 366 g/mol. The largest absolute Gasteiger partial charge is 0.474 e. The van der Waals surface area contributed by atoms with Crippen LogP contribution in [0.4, 0.5) is 0 Å². The predicted molar refractivity (Wildman–Crippen MR) is 96.2 cm³/mol. The van der Waals surface area contributed by atoms with Gasteiger partial charge in [-0.15, -0.1) is 0 Å². The van der Waals surface area contributed by atoms with Crippen LogP contribution in [-0.2, 0) is 12.8 Å². The van der Waals surface area contributed by atoms with Crippen LogP contribution in [0, 0.1) is 11.3 Å². The molecule has 1 fully saturated rings. The number of hydrogen-bond donors (Lipinski definition) is 1. The number of carbonyl (C=O) groups excluding carboxylic acids is 1. The average Bonchev–Trinajstić information content (AvgIpc) is 3.14. The Morgan fingerprint density at radius 3 is 2.78 bits per heavy atom. The van der Waals surface area contributed by atoms with E-state index in [9.17, 15) is 4.79 Å². The number of aromatic nitrogens is 2. The normalized spacial score (nSPS) is 21.7. The van der Waals surface area contributed by atoms with Gasteiger partial charge in [0.1, 0.15) is 17.9 Å². The molecule has 0 radical (unpaired) electrons. The van der Waals surface area contributed by atoms with Crippen molar-refractivity contribution in [1.29, 1.82) is 5.26 Å². The van der Waals surface area contributed by atoms with E-state index < -0.39 is 0 Å². The first kappa shape index (κ1) is 17.5. The molecule has 2 aromatic heterocycles. The summed E-state index contributed by atoms with van der Waals surface area (Å²) in [6.45, 7) is 0. The molecule has 0 spiro atoms. The number of amides is 1. The molecule has 2 aliphatic carbocycles. The van der Waals surface area contributed by atoms with E-state index in [0.29, 0.717) is 17.1 Å². The van der Waals surface area contributed by atoms with Crippen molar-refractivity contribution in [2.24, 2.45) is 0 Å². The summed E-state index contributed by atoms with van der Waals surface area (Å²) in [5.41, 5.74) is 1.97. The van der Waals surface area contributed by atoms with Crippen molar-refractivity contribution in [3.63, 3.8) is 0 Å². The molecule has 2 heterocycles. The fraction of sp³-hybridized carbons (Fsp3) is 0.500. The molecule has 2 aromatic rings. The molecule has 27 heavy (non-hydrogen) atoms. The molecule has 1 saturated carbocycles. The van der Waals surface area contributed by atoms with Crippen molar-refractivity contribution < 1.29 is 14.1 Å². The highest BCUT2D eigenvalue weighted by molar-refractivity contribution is 5.94. The Kier molecular flexibility index (Phi) is 5.05. The molecule has 1 N–H and O–H groups in total. The Hall–Kier alpha value is -2.88. The third-order valence-corrected chi connectivity index (χ3v) is 5.33. The standard InChI is InChI=1S/C20H22N4O3/c21-11-13-5-10-18(22-12-13)26-15-8-6-14(7-9-15)23-20(25)19-16-3-1-2-4-17(16)27-24-19/h5,10,12,14-15H,1-4,6-9H2,(H,23,25). The Morgan fingerprint density at radius 1 is 1.22 bits per heavy atom. The quantitative estimate of drug-likeness (QED) is 0.893. The van der Waals surface area contributed by atoms with Gasteiger partial charge >= 0.3 is 0 Å². The van der Waals surface area contributed by atoms with Crippen molar-refractivity contribution in [2.45, 2.75) is 63.5 Å². The van der Waals surface area contributed by atoms with Crippen molar-refractivity contribution in [3.05, 3.63) is 40.9 Å². The summed E-state index contributed by atoms with van der Waals surface area (Å²) < 4.78 is 11.2. The first-order chi connectivity index (χ1) is 13.2. The number of pyridine rings is 1. The first-order valence-electron chi connectivity index (χ1n) is 9.54. The highest BCUT2D eigenvalue weighted by Crippen LogP contribution is 2.26. The summed E-state index contributed by atoms with van der Waals surface area (Å²) in [4.78, 5) is 16.7. The van der Waals surface area contributed by atoms with E-state index in [1.54, 1.807) is 12.1 Å². The number of rotatable bonds is 4. The van der Waals surface area contributed by atoms with Gasteiger partial charge in [-0.3, -0.25) is 4.79 Å². The first-order valence-corrected chi connectivity index (χ1v) is 9.54. The molecular formula is C20H22N4O3. The maximum absolute atomic E-state index is 12.6. The van der Waals surface area contributed by atoms with Crippen LogP contribution in [0.2, 0.25) is 0 Å². The third kappa shape index (κ3) is 3.95. The van der Waals surface area contributed by atoms with Gasteiger partial charge in [-0.05, 0) is 51.0 Å². The Balaban J connectivity index is 1.28. The molecule has 7 nitrogen and oxygen atoms in total. The zero-order chi connectivity index (χ0) is 18.6. The van der Waals surface area contributed by atoms with Crippen LogP contribution in [0.15, 0.2) is 22.9 Å². The van der Waals surface area contributed by atoms with E-state index in [2.05, 4.69) is 15.5 Å². The van der Waals surface area contributed by atoms with E-state index >= 15 is 0 Å². The second kappa shape index (κ2) is 7.78. The lowest BCUT2D eigenvalue weighted by Gasteiger charge is -2.29. The lowest BCUT2D eigenvalue weighted by atomic mass is 9.92. The summed E-state index contributed by atoms with van der Waals surface area (Å²) in [7, 11) is 0. The zero-order valence-electron chi connectivity index (χ0n) is 15.1. The summed E-state index contributed by atoms with van der Waals surface area (Å²) in [6.07, 6.45) is 8.94. The average molecular weight is 366 g/mol. The van der Waals surface area contributed by atoms with Crippen molar-refractivity contribution >= 4 is 5.91 Å². The minimum atomic E-state index is -0.125. The number of fused-ring (bicyclic) bond motifs is 1. The minimum absolute atomic E-state index is 0.0818. The smallest absolute Gasteiger partial charge is 0.273 e. The molecule has 7 heteroatoms. The summed E-state index contributed by atoms with van der Waals surface area (Å²) in [5, 5.41) is 15.9. The lowest BCUT2D eigenvalue weighted by molar-refractivity contribution is 0.0880. The fourth-order valence-electron chi connectivity index (χ4n) is 3.83. The molecule has 0 unspecified atom stereocenters. The number of nitrogens with zero attached hydrogens (tertiary/aromatic N) is 3. The van der Waals surface area contributed by atoms with Gasteiger partial charge in [0.05, 0.1) is 5.56 Å². The molecular weight excluding hydrogens is 344 g/mol. The highest BCUT2D eigenvalue weighted by atomic mass is 16.5. The second-order valence-corrected chi connectivity index (χ2v) is 7.20. The zero-order valence-corrected chi connectivity index (χ0v) is 15.1. The van der Waals surface area contributed by atoms with Crippen molar-refractivity contribution in [1.82, 2.24) is 15.5 Å². The van der Waals surface area contributed by atoms with Crippen LogP contribution >= 0.6 is 0 Å². The molecule has 0 aliphatic heterocycles. The van der Waals surface area contributed by atoms with Gasteiger partial charge in [0.15, 0.2) is 5.69 Å². The van der Waals surface area contributed by atoms with E-state index in [4.69, 9.17) is 14.5 Å². The molecule has 140 valence electrons. The van der Waals surface area contributed by atoms with Gasteiger partial charge in [-0.1, -0.05) is 5.16 Å². The predicted octanol–water partition coefficient (Wildman–Crippen LogP) is 2.94. The number of nitrogens with one attached hydrogen (secondary N) is 1. The molecule has 1 amide bonds. The van der Waals surface area contributed by atoms with Crippen LogP contribution in [0.25, 0.3) is 0 Å². The topological polar surface area (TPSA) is 101 Å². The minimum Gasteiger partial charge on any atom is -0.474 e. The third-order valence-electron chi connectivity index (χ3n) is 5.33. The maximum atomic E-state index is 12.6. The van der Waals surface area contributed by atoms with Gasteiger partial charge < -0.3 is 14.6 Å². The fourth-order valence-corrected chi connectivity index (χ4v) is 3.83. The van der Waals surface area contributed by atoms with Crippen molar-refractivity contribution in [3.8, 4) is 11.9 Å². The number of aryl methyl sites for hydroxylation is 1. The van der Waals surface area contributed by atoms with Crippen LogP contribution in [-0.4, -0.2) is 28.2 Å². The Labute approximate surface area is 157 Å². The van der Waals surface area contributed by atoms with Crippen molar-refractivity contribution in [2.75, 3.05) is 0 Å². The van der Waals surface area contributed by atoms with E-state index in [1.807, 2.05) is 6.07 Å². The van der Waals surface area contributed by atoms with Crippen LogP contribution < -0.4 is 10.1 Å². The van der Waals surface area contributed by atoms with Gasteiger partial charge in [-0.25, -0.2) is 4.98 Å². The Morgan fingerprint density at radius 2 is 2.04 bits per heavy atom. The number of carbonyl (C=O) groups is 1. The SMILES string of the molecule is N#Cc1ccc(OC2CCC(NC(=O)c3noc4c3CCCC4)CC2)nc1. The van der Waals surface area contributed by atoms with Crippen LogP contribution in [0.5, 0.6) is 5.88 Å². The summed E-state index contributed by atoms with van der Waals surface area (Å²) in [6, 6.07) is 5.59. The highest BCUT2D eigenvalue weighted by Gasteiger charge is 2.28. The van der Waals surface area contributed by atoms with Gasteiger partial charge in [0, 0.05) is 30.3 Å². The molecule has 0 bridgehead atoms. The Bertz CT molecular complexity index is 845.